The van der Waals surface area contributed by atoms with E-state index in [9.17, 15) is 9.90 Å². The molecule has 0 aliphatic rings. The van der Waals surface area contributed by atoms with Crippen molar-refractivity contribution in [3.8, 4) is 17.3 Å². The van der Waals surface area contributed by atoms with Crippen LogP contribution >= 0.6 is 11.6 Å². The monoisotopic (exact) mass is 497 g/mol. The third kappa shape index (κ3) is 3.59. The first-order valence-corrected chi connectivity index (χ1v) is 11.5. The van der Waals surface area contributed by atoms with Gasteiger partial charge < -0.3 is 19.1 Å². The van der Waals surface area contributed by atoms with Crippen molar-refractivity contribution in [2.75, 3.05) is 0 Å². The number of halogens is 1. The normalized spacial score (nSPS) is 12.1. The summed E-state index contributed by atoms with van der Waals surface area (Å²) in [5, 5.41) is 12.2. The highest BCUT2D eigenvalue weighted by Crippen LogP contribution is 2.34. The number of aromatic amines is 1. The van der Waals surface area contributed by atoms with Crippen molar-refractivity contribution < 1.29 is 9.52 Å². The van der Waals surface area contributed by atoms with Gasteiger partial charge in [-0.2, -0.15) is 0 Å². The van der Waals surface area contributed by atoms with Crippen LogP contribution in [0.3, 0.4) is 0 Å². The van der Waals surface area contributed by atoms with E-state index in [4.69, 9.17) is 21.0 Å². The molecule has 0 bridgehead atoms. The molecule has 3 heterocycles. The van der Waals surface area contributed by atoms with Crippen LogP contribution in [-0.2, 0) is 14.1 Å². The highest BCUT2D eigenvalue weighted by atomic mass is 35.5. The summed E-state index contributed by atoms with van der Waals surface area (Å²) in [6.45, 7) is 0. The molecule has 0 aliphatic carbocycles. The molecule has 6 rings (SSSR count). The summed E-state index contributed by atoms with van der Waals surface area (Å²) in [5.74, 6) is 0.363. The molecule has 0 saturated carbocycles. The fraction of sp³-hybridized carbons (Fsp3) is 0.0741. The number of imidazole rings is 1. The molecule has 0 aliphatic heterocycles. The summed E-state index contributed by atoms with van der Waals surface area (Å²) in [6.07, 6.45) is 3.65. The third-order valence-corrected chi connectivity index (χ3v) is 6.47. The Morgan fingerprint density at radius 2 is 1.89 bits per heavy atom. The summed E-state index contributed by atoms with van der Waals surface area (Å²) in [4.78, 5) is 24.4. The van der Waals surface area contributed by atoms with E-state index in [1.54, 1.807) is 37.5 Å². The summed E-state index contributed by atoms with van der Waals surface area (Å²) in [7, 11) is 3.60. The Labute approximate surface area is 209 Å². The summed E-state index contributed by atoms with van der Waals surface area (Å²) in [6, 6.07) is 18.5. The molecule has 0 unspecified atom stereocenters. The largest absolute Gasteiger partial charge is 0.494 e. The van der Waals surface area contributed by atoms with Crippen molar-refractivity contribution in [3.63, 3.8) is 0 Å². The van der Waals surface area contributed by atoms with Gasteiger partial charge >= 0.3 is 5.76 Å². The topological polar surface area (TPSA) is 101 Å². The molecule has 0 amide bonds. The van der Waals surface area contributed by atoms with Crippen molar-refractivity contribution in [2.24, 2.45) is 19.1 Å². The molecule has 0 radical (unpaired) electrons. The average Bonchev–Trinajstić information content (AvgIpc) is 3.52. The van der Waals surface area contributed by atoms with Crippen LogP contribution in [0.25, 0.3) is 33.4 Å². The number of rotatable bonds is 4. The molecule has 9 heteroatoms. The fourth-order valence-electron chi connectivity index (χ4n) is 4.40. The van der Waals surface area contributed by atoms with E-state index in [0.29, 0.717) is 44.2 Å². The van der Waals surface area contributed by atoms with Crippen LogP contribution in [0, 0.1) is 0 Å². The molecule has 0 saturated heterocycles. The minimum Gasteiger partial charge on any atom is -0.494 e. The van der Waals surface area contributed by atoms with Crippen molar-refractivity contribution in [1.29, 1.82) is 0 Å². The quantitative estimate of drug-likeness (QED) is 0.312. The van der Waals surface area contributed by atoms with E-state index >= 15 is 0 Å². The Balaban J connectivity index is 1.55. The maximum absolute atomic E-state index is 12.1. The van der Waals surface area contributed by atoms with E-state index < -0.39 is 5.76 Å². The van der Waals surface area contributed by atoms with Gasteiger partial charge in [-0.05, 0) is 48.5 Å². The molecular weight excluding hydrogens is 478 g/mol. The highest BCUT2D eigenvalue weighted by molar-refractivity contribution is 6.31. The number of H-pyrrole nitrogens is 1. The number of aliphatic imine (C=N–C) groups is 1. The van der Waals surface area contributed by atoms with Gasteiger partial charge in [0, 0.05) is 48.0 Å². The van der Waals surface area contributed by atoms with Crippen LogP contribution in [0.1, 0.15) is 11.1 Å². The van der Waals surface area contributed by atoms with Crippen LogP contribution < -0.4 is 5.76 Å². The molecule has 8 nitrogen and oxygen atoms in total. The number of nitrogens with zero attached hydrogens (tertiary/aromatic N) is 4. The number of oxazole rings is 1. The second-order valence-electron chi connectivity index (χ2n) is 8.52. The highest BCUT2D eigenvalue weighted by Gasteiger charge is 2.20. The Morgan fingerprint density at radius 1 is 1.08 bits per heavy atom. The SMILES string of the molecule is Cn1ccnc1-c1ccc(N=C(c2ccc3c(c2)oc(=O)n3C)c2c(O)[nH]c3cc(Cl)ccc23)cc1. The van der Waals surface area contributed by atoms with Gasteiger partial charge in [-0.15, -0.1) is 0 Å². The summed E-state index contributed by atoms with van der Waals surface area (Å²) < 4.78 is 8.80. The number of fused-ring (bicyclic) bond motifs is 2. The molecule has 2 N–H and O–H groups in total. The zero-order valence-electron chi connectivity index (χ0n) is 19.4. The lowest BCUT2D eigenvalue weighted by molar-refractivity contribution is 0.457. The van der Waals surface area contributed by atoms with Gasteiger partial charge in [-0.3, -0.25) is 4.57 Å². The van der Waals surface area contributed by atoms with Crippen LogP contribution in [0.2, 0.25) is 5.02 Å². The van der Waals surface area contributed by atoms with Crippen LogP contribution in [0.15, 0.2) is 87.3 Å². The molecule has 3 aromatic carbocycles. The van der Waals surface area contributed by atoms with Crippen molar-refractivity contribution >= 4 is 45.0 Å². The lowest BCUT2D eigenvalue weighted by atomic mass is 10.0. The van der Waals surface area contributed by atoms with Crippen LogP contribution in [0.4, 0.5) is 5.69 Å². The van der Waals surface area contributed by atoms with E-state index in [-0.39, 0.29) is 5.88 Å². The fourth-order valence-corrected chi connectivity index (χ4v) is 4.57. The van der Waals surface area contributed by atoms with E-state index in [2.05, 4.69) is 9.97 Å². The van der Waals surface area contributed by atoms with Crippen molar-refractivity contribution in [1.82, 2.24) is 19.1 Å². The van der Waals surface area contributed by atoms with Gasteiger partial charge in [-0.1, -0.05) is 23.7 Å². The first-order valence-electron chi connectivity index (χ1n) is 11.2. The Hall–Kier alpha value is -4.56. The minimum absolute atomic E-state index is 0.0368. The molecule has 3 aromatic heterocycles. The zero-order valence-corrected chi connectivity index (χ0v) is 20.1. The maximum Gasteiger partial charge on any atom is 0.419 e. The second-order valence-corrected chi connectivity index (χ2v) is 8.95. The number of aromatic nitrogens is 4. The van der Waals surface area contributed by atoms with E-state index in [1.165, 1.54) is 4.57 Å². The summed E-state index contributed by atoms with van der Waals surface area (Å²) >= 11 is 6.17. The van der Waals surface area contributed by atoms with Crippen molar-refractivity contribution in [3.05, 3.63) is 99.8 Å². The Bertz CT molecular complexity index is 1850. The molecule has 36 heavy (non-hydrogen) atoms. The Kier molecular flexibility index (Phi) is 5.05. The van der Waals surface area contributed by atoms with Gasteiger partial charge in [0.05, 0.1) is 28.0 Å². The molecule has 6 aromatic rings. The molecule has 0 spiro atoms. The van der Waals surface area contributed by atoms with Crippen LogP contribution in [0.5, 0.6) is 5.88 Å². The molecule has 0 atom stereocenters. The molecular formula is C27H20ClN5O3. The van der Waals surface area contributed by atoms with Gasteiger partial charge in [-0.25, -0.2) is 14.8 Å². The number of aryl methyl sites for hydroxylation is 2. The smallest absolute Gasteiger partial charge is 0.419 e. The number of benzene rings is 3. The minimum atomic E-state index is -0.449. The average molecular weight is 498 g/mol. The lowest BCUT2D eigenvalue weighted by Crippen LogP contribution is -2.08. The predicted octanol–water partition coefficient (Wildman–Crippen LogP) is 5.54. The first-order chi connectivity index (χ1) is 17.4. The van der Waals surface area contributed by atoms with Gasteiger partial charge in [0.15, 0.2) is 11.5 Å². The molecule has 0 fully saturated rings. The third-order valence-electron chi connectivity index (χ3n) is 6.23. The second kappa shape index (κ2) is 8.28. The van der Waals surface area contributed by atoms with Gasteiger partial charge in [0.25, 0.3) is 0 Å². The summed E-state index contributed by atoms with van der Waals surface area (Å²) in [5.41, 5.74) is 5.13. The van der Waals surface area contributed by atoms with Crippen molar-refractivity contribution in [2.45, 2.75) is 0 Å². The maximum atomic E-state index is 12.1. The number of nitrogens with one attached hydrogen (secondary N) is 1. The number of hydrogen-bond donors (Lipinski definition) is 2. The zero-order chi connectivity index (χ0) is 25.0. The Morgan fingerprint density at radius 3 is 2.64 bits per heavy atom. The van der Waals surface area contributed by atoms with E-state index in [0.717, 1.165) is 16.8 Å². The first kappa shape index (κ1) is 21.9. The van der Waals surface area contributed by atoms with Gasteiger partial charge in [0.2, 0.25) is 0 Å². The predicted molar refractivity (Wildman–Crippen MR) is 140 cm³/mol. The number of hydrogen-bond acceptors (Lipinski definition) is 5. The van der Waals surface area contributed by atoms with Crippen LogP contribution in [-0.4, -0.2) is 29.9 Å². The number of aromatic hydroxyl groups is 1. The molecule has 178 valence electrons. The van der Waals surface area contributed by atoms with Gasteiger partial charge in [0.1, 0.15) is 5.82 Å². The van der Waals surface area contributed by atoms with E-state index in [1.807, 2.05) is 54.2 Å². The lowest BCUT2D eigenvalue weighted by Gasteiger charge is -2.09. The standard InChI is InChI=1S/C27H20ClN5O3/c1-32-12-11-29-25(32)15-3-7-18(8-4-15)30-24(16-5-10-21-22(13-16)36-27(35)33(21)2)23-19-9-6-17(28)14-20(19)31-26(23)34/h3-14,31,34H,1-2H3.